The Labute approximate surface area is 104 Å². The zero-order valence-electron chi connectivity index (χ0n) is 11.6. The lowest BCUT2D eigenvalue weighted by molar-refractivity contribution is 0.523. The molecule has 1 heterocycles. The van der Waals surface area contributed by atoms with Crippen LogP contribution in [0.25, 0.3) is 0 Å². The first-order chi connectivity index (χ1) is 7.91. The van der Waals surface area contributed by atoms with E-state index in [2.05, 4.69) is 37.8 Å². The molecule has 2 unspecified atom stereocenters. The number of hydrogen-bond acceptors (Lipinski definition) is 3. The van der Waals surface area contributed by atoms with E-state index < -0.39 is 0 Å². The summed E-state index contributed by atoms with van der Waals surface area (Å²) in [7, 11) is 2.12. The van der Waals surface area contributed by atoms with Crippen molar-refractivity contribution < 1.29 is 0 Å². The fourth-order valence-electron chi connectivity index (χ4n) is 2.38. The lowest BCUT2D eigenvalue weighted by Gasteiger charge is -2.22. The van der Waals surface area contributed by atoms with Crippen molar-refractivity contribution in [2.75, 3.05) is 24.2 Å². The molecule has 1 fully saturated rings. The number of anilines is 2. The molecular formula is C13H24N4. The Kier molecular flexibility index (Phi) is 3.06. The summed E-state index contributed by atoms with van der Waals surface area (Å²) in [6.45, 7) is 9.66. The Morgan fingerprint density at radius 3 is 2.59 bits per heavy atom. The summed E-state index contributed by atoms with van der Waals surface area (Å²) in [5.74, 6) is 2.78. The second kappa shape index (κ2) is 4.24. The zero-order chi connectivity index (χ0) is 12.7. The van der Waals surface area contributed by atoms with Crippen LogP contribution in [0.4, 0.5) is 11.5 Å². The molecule has 2 rings (SSSR count). The number of nitrogen functional groups attached to an aromatic ring is 1. The van der Waals surface area contributed by atoms with Crippen LogP contribution in [-0.4, -0.2) is 23.4 Å². The zero-order valence-corrected chi connectivity index (χ0v) is 11.6. The van der Waals surface area contributed by atoms with E-state index in [1.165, 1.54) is 6.42 Å². The quantitative estimate of drug-likeness (QED) is 0.873. The van der Waals surface area contributed by atoms with E-state index in [0.29, 0.717) is 6.04 Å². The van der Waals surface area contributed by atoms with Crippen LogP contribution in [0.15, 0.2) is 0 Å². The van der Waals surface area contributed by atoms with Gasteiger partial charge in [-0.25, -0.2) is 4.68 Å². The third-order valence-electron chi connectivity index (χ3n) is 3.74. The van der Waals surface area contributed by atoms with E-state index in [9.17, 15) is 0 Å². The predicted octanol–water partition coefficient (Wildman–Crippen LogP) is 2.45. The number of hydrogen-bond donors (Lipinski definition) is 1. The first-order valence-electron chi connectivity index (χ1n) is 6.47. The number of rotatable bonds is 4. The van der Waals surface area contributed by atoms with Gasteiger partial charge in [0.1, 0.15) is 0 Å². The van der Waals surface area contributed by atoms with Gasteiger partial charge in [0.15, 0.2) is 5.82 Å². The smallest absolute Gasteiger partial charge is 0.150 e. The molecule has 1 saturated carbocycles. The summed E-state index contributed by atoms with van der Waals surface area (Å²) in [5, 5.41) is 4.53. The van der Waals surface area contributed by atoms with Gasteiger partial charge in [0.2, 0.25) is 0 Å². The van der Waals surface area contributed by atoms with E-state index in [1.807, 2.05) is 11.6 Å². The second-order valence-corrected chi connectivity index (χ2v) is 5.71. The molecule has 4 heteroatoms. The van der Waals surface area contributed by atoms with Crippen LogP contribution in [0.2, 0.25) is 0 Å². The van der Waals surface area contributed by atoms with Gasteiger partial charge in [-0.15, -0.1) is 0 Å². The van der Waals surface area contributed by atoms with E-state index in [4.69, 9.17) is 5.73 Å². The minimum atomic E-state index is 0.347. The molecule has 1 aromatic heterocycles. The second-order valence-electron chi connectivity index (χ2n) is 5.71. The highest BCUT2D eigenvalue weighted by Gasteiger charge is 2.34. The molecule has 0 amide bonds. The maximum atomic E-state index is 6.15. The SMILES string of the molecule is Cc1nn(C(C)C)c(N(C)CC2CC2C)c1N. The highest BCUT2D eigenvalue weighted by atomic mass is 15.4. The van der Waals surface area contributed by atoms with Gasteiger partial charge in [-0.2, -0.15) is 5.10 Å². The highest BCUT2D eigenvalue weighted by molar-refractivity contribution is 5.66. The van der Waals surface area contributed by atoms with Gasteiger partial charge < -0.3 is 10.6 Å². The maximum Gasteiger partial charge on any atom is 0.150 e. The fourth-order valence-corrected chi connectivity index (χ4v) is 2.38. The van der Waals surface area contributed by atoms with Crippen LogP contribution in [-0.2, 0) is 0 Å². The Morgan fingerprint density at radius 1 is 1.53 bits per heavy atom. The van der Waals surface area contributed by atoms with Crippen molar-refractivity contribution in [3.05, 3.63) is 5.69 Å². The van der Waals surface area contributed by atoms with Gasteiger partial charge in [-0.1, -0.05) is 6.92 Å². The molecule has 1 aliphatic carbocycles. The average Bonchev–Trinajstić information content (AvgIpc) is 2.82. The molecule has 1 aliphatic rings. The summed E-state index contributed by atoms with van der Waals surface area (Å²) in [4.78, 5) is 2.27. The third kappa shape index (κ3) is 2.26. The molecule has 2 atom stereocenters. The summed E-state index contributed by atoms with van der Waals surface area (Å²) in [5.41, 5.74) is 7.91. The largest absolute Gasteiger partial charge is 0.394 e. The van der Waals surface area contributed by atoms with Crippen molar-refractivity contribution in [2.45, 2.75) is 40.2 Å². The number of nitrogens with two attached hydrogens (primary N) is 1. The first-order valence-corrected chi connectivity index (χ1v) is 6.47. The predicted molar refractivity (Wildman–Crippen MR) is 72.3 cm³/mol. The molecule has 0 radical (unpaired) electrons. The topological polar surface area (TPSA) is 47.1 Å². The van der Waals surface area contributed by atoms with E-state index >= 15 is 0 Å². The lowest BCUT2D eigenvalue weighted by Crippen LogP contribution is -2.25. The lowest BCUT2D eigenvalue weighted by atomic mass is 10.3. The van der Waals surface area contributed by atoms with Gasteiger partial charge in [-0.3, -0.25) is 0 Å². The molecule has 0 bridgehead atoms. The Hall–Kier alpha value is -1.19. The van der Waals surface area contributed by atoms with Crippen LogP contribution in [0.1, 0.15) is 38.9 Å². The molecule has 2 N–H and O–H groups in total. The van der Waals surface area contributed by atoms with Crippen LogP contribution >= 0.6 is 0 Å². The van der Waals surface area contributed by atoms with Gasteiger partial charge in [0.05, 0.1) is 11.4 Å². The van der Waals surface area contributed by atoms with Gasteiger partial charge in [0, 0.05) is 19.6 Å². The first kappa shape index (κ1) is 12.3. The van der Waals surface area contributed by atoms with Crippen molar-refractivity contribution >= 4 is 11.5 Å². The van der Waals surface area contributed by atoms with Crippen LogP contribution < -0.4 is 10.6 Å². The molecule has 4 nitrogen and oxygen atoms in total. The van der Waals surface area contributed by atoms with Gasteiger partial charge in [-0.05, 0) is 39.0 Å². The number of aromatic nitrogens is 2. The van der Waals surface area contributed by atoms with Gasteiger partial charge in [0.25, 0.3) is 0 Å². The molecule has 1 aromatic rings. The average molecular weight is 236 g/mol. The van der Waals surface area contributed by atoms with Crippen molar-refractivity contribution in [3.63, 3.8) is 0 Å². The van der Waals surface area contributed by atoms with E-state index in [1.54, 1.807) is 0 Å². The van der Waals surface area contributed by atoms with Crippen LogP contribution in [0.3, 0.4) is 0 Å². The van der Waals surface area contributed by atoms with Crippen LogP contribution in [0, 0.1) is 18.8 Å². The minimum absolute atomic E-state index is 0.347. The number of aryl methyl sites for hydroxylation is 1. The Morgan fingerprint density at radius 2 is 2.12 bits per heavy atom. The summed E-state index contributed by atoms with van der Waals surface area (Å²) >= 11 is 0. The van der Waals surface area contributed by atoms with E-state index in [-0.39, 0.29) is 0 Å². The summed E-state index contributed by atoms with van der Waals surface area (Å²) < 4.78 is 2.04. The monoisotopic (exact) mass is 236 g/mol. The molecule has 0 aliphatic heterocycles. The molecule has 96 valence electrons. The maximum absolute atomic E-state index is 6.15. The molecule has 0 aromatic carbocycles. The van der Waals surface area contributed by atoms with Crippen molar-refractivity contribution in [3.8, 4) is 0 Å². The van der Waals surface area contributed by atoms with Gasteiger partial charge >= 0.3 is 0 Å². The molecule has 0 saturated heterocycles. The van der Waals surface area contributed by atoms with Crippen molar-refractivity contribution in [1.82, 2.24) is 9.78 Å². The third-order valence-corrected chi connectivity index (χ3v) is 3.74. The standard InChI is InChI=1S/C13H24N4/c1-8(2)17-13(12(14)10(4)15-17)16(5)7-11-6-9(11)3/h8-9,11H,6-7,14H2,1-5H3. The van der Waals surface area contributed by atoms with E-state index in [0.717, 1.165) is 35.6 Å². The summed E-state index contributed by atoms with van der Waals surface area (Å²) in [6, 6.07) is 0.347. The van der Waals surface area contributed by atoms with Crippen LogP contribution in [0.5, 0.6) is 0 Å². The Bertz CT molecular complexity index is 408. The molecule has 0 spiro atoms. The van der Waals surface area contributed by atoms with Crippen molar-refractivity contribution in [1.29, 1.82) is 0 Å². The minimum Gasteiger partial charge on any atom is -0.394 e. The normalized spacial score (nSPS) is 23.2. The Balaban J connectivity index is 2.23. The summed E-state index contributed by atoms with van der Waals surface area (Å²) in [6.07, 6.45) is 1.35. The number of nitrogens with zero attached hydrogens (tertiary/aromatic N) is 3. The highest BCUT2D eigenvalue weighted by Crippen LogP contribution is 2.39. The fraction of sp³-hybridized carbons (Fsp3) is 0.769. The van der Waals surface area contributed by atoms with Crippen molar-refractivity contribution in [2.24, 2.45) is 11.8 Å². The molecule has 17 heavy (non-hydrogen) atoms. The molecular weight excluding hydrogens is 212 g/mol.